The van der Waals surface area contributed by atoms with Crippen molar-refractivity contribution in [2.24, 2.45) is 0 Å². The summed E-state index contributed by atoms with van der Waals surface area (Å²) in [4.78, 5) is 0. The van der Waals surface area contributed by atoms with Crippen LogP contribution < -0.4 is 10.1 Å². The molecule has 1 aliphatic rings. The lowest BCUT2D eigenvalue weighted by atomic mass is 10.2. The average molecular weight is 256 g/mol. The topological polar surface area (TPSA) is 30.5 Å². The van der Waals surface area contributed by atoms with Crippen molar-refractivity contribution in [1.29, 1.82) is 0 Å². The number of rotatable bonds is 5. The van der Waals surface area contributed by atoms with Crippen LogP contribution in [0.25, 0.3) is 0 Å². The van der Waals surface area contributed by atoms with E-state index in [1.165, 1.54) is 0 Å². The summed E-state index contributed by atoms with van der Waals surface area (Å²) in [6, 6.07) is 7.41. The molecule has 0 aliphatic carbocycles. The minimum absolute atomic E-state index is 0.212. The summed E-state index contributed by atoms with van der Waals surface area (Å²) in [5.41, 5.74) is 0. The standard InChI is InChI=1S/C13H18ClNO2/c1-15-8-12-6-7-13(17-12)9-16-11-4-2-10(14)3-5-11/h2-5,12-13,15H,6-9H2,1H3. The van der Waals surface area contributed by atoms with Gasteiger partial charge in [-0.15, -0.1) is 0 Å². The summed E-state index contributed by atoms with van der Waals surface area (Å²) >= 11 is 5.81. The van der Waals surface area contributed by atoms with Crippen LogP contribution in [0.5, 0.6) is 5.75 Å². The van der Waals surface area contributed by atoms with Crippen LogP contribution in [-0.4, -0.2) is 32.4 Å². The van der Waals surface area contributed by atoms with Crippen LogP contribution in [0.2, 0.25) is 5.02 Å². The van der Waals surface area contributed by atoms with Gasteiger partial charge in [-0.05, 0) is 44.2 Å². The van der Waals surface area contributed by atoms with Crippen molar-refractivity contribution < 1.29 is 9.47 Å². The molecule has 0 amide bonds. The molecule has 1 aromatic rings. The number of hydrogen-bond acceptors (Lipinski definition) is 3. The second kappa shape index (κ2) is 6.24. The minimum atomic E-state index is 0.212. The molecule has 1 aromatic carbocycles. The molecular formula is C13H18ClNO2. The third-order valence-electron chi connectivity index (χ3n) is 2.88. The van der Waals surface area contributed by atoms with Gasteiger partial charge in [-0.3, -0.25) is 0 Å². The van der Waals surface area contributed by atoms with Gasteiger partial charge in [0.15, 0.2) is 0 Å². The molecule has 94 valence electrons. The van der Waals surface area contributed by atoms with Crippen molar-refractivity contribution in [3.63, 3.8) is 0 Å². The van der Waals surface area contributed by atoms with Crippen LogP contribution in [0.4, 0.5) is 0 Å². The molecule has 3 nitrogen and oxygen atoms in total. The Balaban J connectivity index is 1.74. The van der Waals surface area contributed by atoms with Crippen molar-refractivity contribution in [3.8, 4) is 5.75 Å². The van der Waals surface area contributed by atoms with Crippen LogP contribution in [0.15, 0.2) is 24.3 Å². The number of nitrogens with one attached hydrogen (secondary N) is 1. The molecule has 1 fully saturated rings. The van der Waals surface area contributed by atoms with Gasteiger partial charge in [0, 0.05) is 11.6 Å². The normalized spacial score (nSPS) is 23.9. The van der Waals surface area contributed by atoms with E-state index in [0.29, 0.717) is 12.7 Å². The molecule has 1 aliphatic heterocycles. The molecule has 0 spiro atoms. The van der Waals surface area contributed by atoms with E-state index in [9.17, 15) is 0 Å². The zero-order valence-electron chi connectivity index (χ0n) is 9.99. The van der Waals surface area contributed by atoms with Crippen LogP contribution >= 0.6 is 11.6 Å². The SMILES string of the molecule is CNCC1CCC(COc2ccc(Cl)cc2)O1. The third kappa shape index (κ3) is 3.87. The smallest absolute Gasteiger partial charge is 0.119 e. The highest BCUT2D eigenvalue weighted by Gasteiger charge is 2.24. The van der Waals surface area contributed by atoms with E-state index >= 15 is 0 Å². The highest BCUT2D eigenvalue weighted by atomic mass is 35.5. The van der Waals surface area contributed by atoms with Crippen molar-refractivity contribution in [2.75, 3.05) is 20.2 Å². The van der Waals surface area contributed by atoms with Crippen molar-refractivity contribution in [3.05, 3.63) is 29.3 Å². The Hall–Kier alpha value is -0.770. The summed E-state index contributed by atoms with van der Waals surface area (Å²) in [5.74, 6) is 0.843. The quantitative estimate of drug-likeness (QED) is 0.877. The zero-order valence-corrected chi connectivity index (χ0v) is 10.7. The summed E-state index contributed by atoms with van der Waals surface area (Å²) in [6.07, 6.45) is 2.72. The van der Waals surface area contributed by atoms with Gasteiger partial charge >= 0.3 is 0 Å². The number of benzene rings is 1. The van der Waals surface area contributed by atoms with Gasteiger partial charge in [-0.1, -0.05) is 11.6 Å². The predicted octanol–water partition coefficient (Wildman–Crippen LogP) is 2.49. The van der Waals surface area contributed by atoms with Crippen LogP contribution in [0, 0.1) is 0 Å². The Bertz CT molecular complexity index is 342. The molecule has 2 atom stereocenters. The highest BCUT2D eigenvalue weighted by molar-refractivity contribution is 6.30. The lowest BCUT2D eigenvalue weighted by molar-refractivity contribution is 0.0193. The van der Waals surface area contributed by atoms with E-state index in [1.807, 2.05) is 31.3 Å². The van der Waals surface area contributed by atoms with E-state index < -0.39 is 0 Å². The first-order valence-electron chi connectivity index (χ1n) is 5.96. The molecule has 0 bridgehead atoms. The number of ether oxygens (including phenoxy) is 2. The molecule has 1 saturated heterocycles. The van der Waals surface area contributed by atoms with Gasteiger partial charge in [0.1, 0.15) is 12.4 Å². The van der Waals surface area contributed by atoms with Crippen molar-refractivity contribution in [2.45, 2.75) is 25.0 Å². The zero-order chi connectivity index (χ0) is 12.1. The summed E-state index contributed by atoms with van der Waals surface area (Å²) in [7, 11) is 1.95. The fraction of sp³-hybridized carbons (Fsp3) is 0.538. The molecule has 1 heterocycles. The predicted molar refractivity (Wildman–Crippen MR) is 68.8 cm³/mol. The Morgan fingerprint density at radius 2 is 2.00 bits per heavy atom. The van der Waals surface area contributed by atoms with E-state index in [2.05, 4.69) is 5.32 Å². The number of halogens is 1. The third-order valence-corrected chi connectivity index (χ3v) is 3.13. The van der Waals surface area contributed by atoms with Crippen molar-refractivity contribution >= 4 is 11.6 Å². The van der Waals surface area contributed by atoms with E-state index in [1.54, 1.807) is 0 Å². The highest BCUT2D eigenvalue weighted by Crippen LogP contribution is 2.21. The van der Waals surface area contributed by atoms with E-state index in [0.717, 1.165) is 30.2 Å². The van der Waals surface area contributed by atoms with Gasteiger partial charge in [0.25, 0.3) is 0 Å². The van der Waals surface area contributed by atoms with Crippen LogP contribution in [0.3, 0.4) is 0 Å². The first-order chi connectivity index (χ1) is 8.28. The lowest BCUT2D eigenvalue weighted by Gasteiger charge is -2.14. The summed E-state index contributed by atoms with van der Waals surface area (Å²) < 4.78 is 11.5. The Morgan fingerprint density at radius 3 is 2.71 bits per heavy atom. The van der Waals surface area contributed by atoms with Gasteiger partial charge in [0.2, 0.25) is 0 Å². The molecular weight excluding hydrogens is 238 g/mol. The molecule has 0 radical (unpaired) electrons. The molecule has 0 aromatic heterocycles. The van der Waals surface area contributed by atoms with Gasteiger partial charge in [-0.2, -0.15) is 0 Å². The molecule has 4 heteroatoms. The first kappa shape index (κ1) is 12.7. The fourth-order valence-electron chi connectivity index (χ4n) is 2.00. The Morgan fingerprint density at radius 1 is 1.29 bits per heavy atom. The minimum Gasteiger partial charge on any atom is -0.491 e. The monoisotopic (exact) mass is 255 g/mol. The Kier molecular flexibility index (Phi) is 4.66. The average Bonchev–Trinajstić information content (AvgIpc) is 2.77. The molecule has 17 heavy (non-hydrogen) atoms. The number of hydrogen-bond donors (Lipinski definition) is 1. The fourth-order valence-corrected chi connectivity index (χ4v) is 2.13. The van der Waals surface area contributed by atoms with E-state index in [-0.39, 0.29) is 6.10 Å². The van der Waals surface area contributed by atoms with Crippen molar-refractivity contribution in [1.82, 2.24) is 5.32 Å². The second-order valence-corrected chi connectivity index (χ2v) is 4.72. The van der Waals surface area contributed by atoms with Gasteiger partial charge in [0.05, 0.1) is 12.2 Å². The maximum Gasteiger partial charge on any atom is 0.119 e. The second-order valence-electron chi connectivity index (χ2n) is 4.28. The maximum absolute atomic E-state index is 5.83. The van der Waals surface area contributed by atoms with Gasteiger partial charge in [-0.25, -0.2) is 0 Å². The number of likely N-dealkylation sites (N-methyl/N-ethyl adjacent to an activating group) is 1. The van der Waals surface area contributed by atoms with Crippen LogP contribution in [0.1, 0.15) is 12.8 Å². The molecule has 1 N–H and O–H groups in total. The summed E-state index contributed by atoms with van der Waals surface area (Å²) in [6.45, 7) is 1.53. The lowest BCUT2D eigenvalue weighted by Crippen LogP contribution is -2.25. The largest absolute Gasteiger partial charge is 0.491 e. The van der Waals surface area contributed by atoms with Crippen LogP contribution in [-0.2, 0) is 4.74 Å². The Labute approximate surface area is 107 Å². The van der Waals surface area contributed by atoms with E-state index in [4.69, 9.17) is 21.1 Å². The summed E-state index contributed by atoms with van der Waals surface area (Å²) in [5, 5.41) is 3.86. The molecule has 2 unspecified atom stereocenters. The molecule has 0 saturated carbocycles. The molecule has 2 rings (SSSR count). The van der Waals surface area contributed by atoms with Gasteiger partial charge < -0.3 is 14.8 Å². The first-order valence-corrected chi connectivity index (χ1v) is 6.34. The maximum atomic E-state index is 5.83.